The second-order valence-corrected chi connectivity index (χ2v) is 5.26. The van der Waals surface area contributed by atoms with Crippen molar-refractivity contribution in [2.24, 2.45) is 5.41 Å². The van der Waals surface area contributed by atoms with Crippen LogP contribution >= 0.6 is 24.0 Å². The van der Waals surface area contributed by atoms with Crippen LogP contribution in [0.5, 0.6) is 0 Å². The lowest BCUT2D eigenvalue weighted by Gasteiger charge is -2.25. The summed E-state index contributed by atoms with van der Waals surface area (Å²) in [6.07, 6.45) is 4.98. The van der Waals surface area contributed by atoms with Gasteiger partial charge in [-0.1, -0.05) is 51.7 Å². The van der Waals surface area contributed by atoms with Crippen molar-refractivity contribution < 1.29 is 9.59 Å². The van der Waals surface area contributed by atoms with Crippen LogP contribution in [0.2, 0.25) is 0 Å². The third-order valence-electron chi connectivity index (χ3n) is 3.31. The molecule has 0 aliphatic carbocycles. The quantitative estimate of drug-likeness (QED) is 0.424. The van der Waals surface area contributed by atoms with Gasteiger partial charge in [-0.3, -0.25) is 9.59 Å². The number of unbranched alkanes of at least 4 members (excludes halogenated alkanes) is 2. The van der Waals surface area contributed by atoms with Crippen LogP contribution in [0.4, 0.5) is 0 Å². The highest BCUT2D eigenvalue weighted by Crippen LogP contribution is 2.41. The second kappa shape index (κ2) is 5.91. The van der Waals surface area contributed by atoms with Gasteiger partial charge >= 0.3 is 0 Å². The smallest absolute Gasteiger partial charge is 0.272 e. The molecule has 96 valence electrons. The predicted octanol–water partition coefficient (Wildman–Crippen LogP) is 3.25. The van der Waals surface area contributed by atoms with Gasteiger partial charge < -0.3 is 0 Å². The lowest BCUT2D eigenvalue weighted by Crippen LogP contribution is -2.34. The molecular formula is C12H18ClNO2S. The molecule has 1 aliphatic rings. The summed E-state index contributed by atoms with van der Waals surface area (Å²) in [4.78, 5) is 24.0. The van der Waals surface area contributed by atoms with Gasteiger partial charge in [0.05, 0.1) is 10.3 Å². The Labute approximate surface area is 113 Å². The minimum absolute atomic E-state index is 0.208. The first-order valence-electron chi connectivity index (χ1n) is 6.10. The Kier molecular flexibility index (Phi) is 5.07. The number of hydrogen-bond donors (Lipinski definition) is 0. The number of rotatable bonds is 6. The van der Waals surface area contributed by atoms with E-state index in [4.69, 9.17) is 24.0 Å². The molecule has 1 saturated heterocycles. The highest BCUT2D eigenvalue weighted by atomic mass is 35.5. The van der Waals surface area contributed by atoms with Gasteiger partial charge in [0.15, 0.2) is 0 Å². The number of amides is 2. The van der Waals surface area contributed by atoms with Gasteiger partial charge in [-0.05, 0) is 12.8 Å². The molecule has 1 aliphatic heterocycles. The van der Waals surface area contributed by atoms with Crippen LogP contribution < -0.4 is 0 Å². The third-order valence-corrected chi connectivity index (χ3v) is 4.18. The highest BCUT2D eigenvalue weighted by Gasteiger charge is 2.54. The van der Waals surface area contributed by atoms with Gasteiger partial charge in [0.25, 0.3) is 11.8 Å². The fourth-order valence-electron chi connectivity index (χ4n) is 2.19. The molecule has 2 amide bonds. The Balaban J connectivity index is 2.99. The highest BCUT2D eigenvalue weighted by molar-refractivity contribution is 7.82. The molecule has 0 radical (unpaired) electrons. The molecule has 0 bridgehead atoms. The molecule has 1 heterocycles. The van der Waals surface area contributed by atoms with E-state index in [2.05, 4.69) is 13.8 Å². The first-order chi connectivity index (χ1) is 8.01. The van der Waals surface area contributed by atoms with E-state index in [1.165, 1.54) is 0 Å². The molecule has 1 rings (SSSR count). The minimum Gasteiger partial charge on any atom is -0.272 e. The van der Waals surface area contributed by atoms with E-state index in [0.717, 1.165) is 25.7 Å². The van der Waals surface area contributed by atoms with Crippen molar-refractivity contribution >= 4 is 40.7 Å². The van der Waals surface area contributed by atoms with Crippen molar-refractivity contribution in [1.29, 1.82) is 0 Å². The van der Waals surface area contributed by atoms with Crippen molar-refractivity contribution in [3.8, 4) is 0 Å². The molecule has 0 atom stereocenters. The van der Waals surface area contributed by atoms with Crippen LogP contribution in [0.25, 0.3) is 0 Å². The Bertz CT molecular complexity index is 335. The van der Waals surface area contributed by atoms with Crippen LogP contribution in [0.15, 0.2) is 0 Å². The minimum atomic E-state index is -0.805. The molecule has 0 aromatic rings. The van der Waals surface area contributed by atoms with Gasteiger partial charge in [-0.25, -0.2) is 0 Å². The molecule has 0 N–H and O–H groups in total. The molecule has 0 aromatic carbocycles. The molecule has 17 heavy (non-hydrogen) atoms. The summed E-state index contributed by atoms with van der Waals surface area (Å²) in [5.41, 5.74) is -0.805. The average Bonchev–Trinajstić information content (AvgIpc) is 2.49. The van der Waals surface area contributed by atoms with Gasteiger partial charge in [0, 0.05) is 11.8 Å². The second-order valence-electron chi connectivity index (χ2n) is 4.51. The summed E-state index contributed by atoms with van der Waals surface area (Å²) < 4.78 is 0.674. The monoisotopic (exact) mass is 275 g/mol. The van der Waals surface area contributed by atoms with E-state index >= 15 is 0 Å². The maximum atomic E-state index is 12.1. The lowest BCUT2D eigenvalue weighted by molar-refractivity contribution is -0.136. The summed E-state index contributed by atoms with van der Waals surface area (Å²) in [6, 6.07) is 0. The average molecular weight is 276 g/mol. The van der Waals surface area contributed by atoms with Crippen LogP contribution in [0.3, 0.4) is 0 Å². The molecular weight excluding hydrogens is 258 g/mol. The van der Waals surface area contributed by atoms with E-state index in [1.807, 2.05) is 0 Å². The maximum absolute atomic E-state index is 12.1. The summed E-state index contributed by atoms with van der Waals surface area (Å²) in [7, 11) is 0. The predicted molar refractivity (Wildman–Crippen MR) is 71.8 cm³/mol. The Hall–Kier alpha value is -0.480. The van der Waals surface area contributed by atoms with Crippen LogP contribution in [-0.4, -0.2) is 21.1 Å². The fourth-order valence-corrected chi connectivity index (χ4v) is 2.87. The van der Waals surface area contributed by atoms with Crippen molar-refractivity contribution in [3.63, 3.8) is 0 Å². The number of hydrogen-bond acceptors (Lipinski definition) is 3. The van der Waals surface area contributed by atoms with E-state index in [0.29, 0.717) is 17.3 Å². The fraction of sp³-hybridized carbons (Fsp3) is 0.750. The van der Waals surface area contributed by atoms with Crippen LogP contribution in [0, 0.1) is 5.41 Å². The third kappa shape index (κ3) is 2.52. The number of thiocarbonyl (C=S) groups is 1. The number of imide groups is 1. The van der Waals surface area contributed by atoms with E-state index < -0.39 is 11.3 Å². The van der Waals surface area contributed by atoms with Crippen LogP contribution in [-0.2, 0) is 9.59 Å². The van der Waals surface area contributed by atoms with Crippen molar-refractivity contribution in [2.45, 2.75) is 52.4 Å². The Morgan fingerprint density at radius 1 is 1.18 bits per heavy atom. The van der Waals surface area contributed by atoms with E-state index in [-0.39, 0.29) is 10.8 Å². The molecule has 1 fully saturated rings. The zero-order valence-corrected chi connectivity index (χ0v) is 11.9. The molecule has 5 heteroatoms. The van der Waals surface area contributed by atoms with Gasteiger partial charge in [-0.2, -0.15) is 4.42 Å². The number of halogens is 1. The standard InChI is InChI=1S/C12H18ClNO2S/c1-3-5-7-12(8-6-4-2)9(17)10(15)14(13)11(12)16/h3-8H2,1-2H3. The summed E-state index contributed by atoms with van der Waals surface area (Å²) >= 11 is 10.9. The number of carbonyl (C=O) groups excluding carboxylic acids is 2. The maximum Gasteiger partial charge on any atom is 0.283 e. The van der Waals surface area contributed by atoms with Gasteiger partial charge in [-0.15, -0.1) is 0 Å². The molecule has 0 saturated carbocycles. The zero-order chi connectivity index (χ0) is 13.1. The normalized spacial score (nSPS) is 19.2. The molecule has 0 spiro atoms. The largest absolute Gasteiger partial charge is 0.283 e. The van der Waals surface area contributed by atoms with Crippen molar-refractivity contribution in [1.82, 2.24) is 4.42 Å². The molecule has 0 aromatic heterocycles. The van der Waals surface area contributed by atoms with Crippen molar-refractivity contribution in [2.75, 3.05) is 0 Å². The Morgan fingerprint density at radius 3 is 1.94 bits per heavy atom. The number of nitrogens with zero attached hydrogens (tertiary/aromatic N) is 1. The first kappa shape index (κ1) is 14.6. The topological polar surface area (TPSA) is 37.4 Å². The van der Waals surface area contributed by atoms with Crippen molar-refractivity contribution in [3.05, 3.63) is 0 Å². The summed E-state index contributed by atoms with van der Waals surface area (Å²) in [6.45, 7) is 4.10. The SMILES string of the molecule is CCCCC1(CCCC)C(=O)N(Cl)C(=O)C1=S. The molecule has 0 unspecified atom stereocenters. The van der Waals surface area contributed by atoms with Gasteiger partial charge in [0.1, 0.15) is 0 Å². The summed E-state index contributed by atoms with van der Waals surface area (Å²) in [5.74, 6) is -0.824. The Morgan fingerprint density at radius 2 is 1.65 bits per heavy atom. The van der Waals surface area contributed by atoms with E-state index in [1.54, 1.807) is 0 Å². The van der Waals surface area contributed by atoms with Crippen LogP contribution in [0.1, 0.15) is 52.4 Å². The van der Waals surface area contributed by atoms with E-state index in [9.17, 15) is 9.59 Å². The first-order valence-corrected chi connectivity index (χ1v) is 6.85. The number of carbonyl (C=O) groups is 2. The molecule has 3 nitrogen and oxygen atoms in total. The zero-order valence-electron chi connectivity index (χ0n) is 10.3. The summed E-state index contributed by atoms with van der Waals surface area (Å²) in [5, 5.41) is 0. The lowest BCUT2D eigenvalue weighted by atomic mass is 9.76. The van der Waals surface area contributed by atoms with Gasteiger partial charge in [0.2, 0.25) is 0 Å².